The molecular weight excluding hydrogens is 210 g/mol. The minimum atomic E-state index is -0.349. The molecule has 2 rings (SSSR count). The van der Waals surface area contributed by atoms with Gasteiger partial charge in [-0.25, -0.2) is 0 Å². The van der Waals surface area contributed by atoms with Gasteiger partial charge in [0.1, 0.15) is 0 Å². The summed E-state index contributed by atoms with van der Waals surface area (Å²) < 4.78 is 0. The molecule has 15 heavy (non-hydrogen) atoms. The third kappa shape index (κ3) is 2.58. The molecule has 4 heteroatoms. The molecule has 1 saturated carbocycles. The normalized spacial score (nSPS) is 17.5. The second kappa shape index (κ2) is 4.33. The first-order valence-corrected chi connectivity index (χ1v) is 6.08. The van der Waals surface area contributed by atoms with Gasteiger partial charge in [-0.3, -0.25) is 4.79 Å². The summed E-state index contributed by atoms with van der Waals surface area (Å²) in [4.78, 5) is 13.4. The van der Waals surface area contributed by atoms with E-state index in [1.807, 2.05) is 16.8 Å². The second-order valence-corrected chi connectivity index (χ2v) is 4.88. The maximum atomic E-state index is 11.8. The summed E-state index contributed by atoms with van der Waals surface area (Å²) in [6.07, 6.45) is 1.85. The first kappa shape index (κ1) is 10.6. The average molecular weight is 225 g/mol. The van der Waals surface area contributed by atoms with Crippen molar-refractivity contribution in [3.05, 3.63) is 22.4 Å². The Morgan fingerprint density at radius 3 is 3.00 bits per heavy atom. The summed E-state index contributed by atoms with van der Waals surface area (Å²) >= 11 is 1.51. The molecule has 0 bridgehead atoms. The van der Waals surface area contributed by atoms with Crippen molar-refractivity contribution in [2.75, 3.05) is 13.6 Å². The molecule has 1 unspecified atom stereocenters. The van der Waals surface area contributed by atoms with Crippen LogP contribution in [0.15, 0.2) is 16.8 Å². The summed E-state index contributed by atoms with van der Waals surface area (Å²) in [5, 5.41) is 13.4. The van der Waals surface area contributed by atoms with Gasteiger partial charge in [0.2, 0.25) is 0 Å². The summed E-state index contributed by atoms with van der Waals surface area (Å²) in [6, 6.07) is 1.81. The van der Waals surface area contributed by atoms with E-state index in [0.29, 0.717) is 18.0 Å². The monoisotopic (exact) mass is 225 g/mol. The number of aliphatic hydroxyl groups is 1. The van der Waals surface area contributed by atoms with Crippen molar-refractivity contribution >= 4 is 17.2 Å². The summed E-state index contributed by atoms with van der Waals surface area (Å²) in [5.74, 6) is 0.415. The Hall–Kier alpha value is -0.870. The van der Waals surface area contributed by atoms with Gasteiger partial charge in [-0.15, -0.1) is 0 Å². The molecule has 0 aliphatic heterocycles. The number of thiophene rings is 1. The molecule has 0 aromatic carbocycles. The van der Waals surface area contributed by atoms with Crippen molar-refractivity contribution in [2.24, 2.45) is 5.92 Å². The van der Waals surface area contributed by atoms with Crippen molar-refractivity contribution in [2.45, 2.75) is 18.9 Å². The largest absolute Gasteiger partial charge is 0.391 e. The zero-order chi connectivity index (χ0) is 10.8. The van der Waals surface area contributed by atoms with Gasteiger partial charge in [-0.1, -0.05) is 0 Å². The Balaban J connectivity index is 1.89. The number of carbonyl (C=O) groups is 1. The molecule has 1 aliphatic carbocycles. The van der Waals surface area contributed by atoms with Crippen molar-refractivity contribution < 1.29 is 9.90 Å². The molecule has 1 aromatic rings. The molecule has 0 spiro atoms. The number of rotatable bonds is 4. The fourth-order valence-electron chi connectivity index (χ4n) is 1.60. The Kier molecular flexibility index (Phi) is 3.07. The lowest BCUT2D eigenvalue weighted by Crippen LogP contribution is -2.35. The molecule has 1 aliphatic rings. The fourth-order valence-corrected chi connectivity index (χ4v) is 2.23. The van der Waals surface area contributed by atoms with Crippen LogP contribution in [0.5, 0.6) is 0 Å². The predicted molar refractivity (Wildman–Crippen MR) is 60.0 cm³/mol. The van der Waals surface area contributed by atoms with Gasteiger partial charge in [0.25, 0.3) is 5.91 Å². The molecule has 1 heterocycles. The highest BCUT2D eigenvalue weighted by atomic mass is 32.1. The minimum Gasteiger partial charge on any atom is -0.391 e. The molecule has 82 valence electrons. The van der Waals surface area contributed by atoms with E-state index in [0.717, 1.165) is 12.8 Å². The second-order valence-electron chi connectivity index (χ2n) is 4.10. The highest BCUT2D eigenvalue weighted by molar-refractivity contribution is 7.08. The standard InChI is InChI=1S/C11H15NO2S/c1-12(6-10(13)8-2-3-8)11(14)9-4-5-15-7-9/h4-5,7-8,10,13H,2-3,6H2,1H3. The van der Waals surface area contributed by atoms with Crippen LogP contribution in [0.1, 0.15) is 23.2 Å². The summed E-state index contributed by atoms with van der Waals surface area (Å²) in [7, 11) is 1.74. The van der Waals surface area contributed by atoms with Crippen LogP contribution in [0.3, 0.4) is 0 Å². The van der Waals surface area contributed by atoms with E-state index in [1.165, 1.54) is 11.3 Å². The van der Waals surface area contributed by atoms with Gasteiger partial charge >= 0.3 is 0 Å². The lowest BCUT2D eigenvalue weighted by atomic mass is 10.2. The molecule has 1 aromatic heterocycles. The average Bonchev–Trinajstić information content (AvgIpc) is 2.93. The molecule has 0 saturated heterocycles. The first-order valence-electron chi connectivity index (χ1n) is 5.14. The smallest absolute Gasteiger partial charge is 0.254 e. The minimum absolute atomic E-state index is 0.00375. The van der Waals surface area contributed by atoms with E-state index < -0.39 is 0 Å². The molecule has 1 atom stereocenters. The van der Waals surface area contributed by atoms with Crippen LogP contribution in [0.25, 0.3) is 0 Å². The highest BCUT2D eigenvalue weighted by Crippen LogP contribution is 2.32. The Morgan fingerprint density at radius 1 is 1.73 bits per heavy atom. The third-order valence-corrected chi connectivity index (χ3v) is 3.43. The van der Waals surface area contributed by atoms with Crippen LogP contribution < -0.4 is 0 Å². The lowest BCUT2D eigenvalue weighted by molar-refractivity contribution is 0.0646. The van der Waals surface area contributed by atoms with E-state index in [4.69, 9.17) is 0 Å². The van der Waals surface area contributed by atoms with Crippen molar-refractivity contribution in [1.82, 2.24) is 4.90 Å². The third-order valence-electron chi connectivity index (χ3n) is 2.74. The van der Waals surface area contributed by atoms with Crippen molar-refractivity contribution in [1.29, 1.82) is 0 Å². The summed E-state index contributed by atoms with van der Waals surface area (Å²) in [5.41, 5.74) is 0.713. The van der Waals surface area contributed by atoms with Crippen LogP contribution >= 0.6 is 11.3 Å². The molecule has 1 fully saturated rings. The molecule has 3 nitrogen and oxygen atoms in total. The van der Waals surface area contributed by atoms with Crippen LogP contribution in [0.2, 0.25) is 0 Å². The molecule has 1 N–H and O–H groups in total. The number of hydrogen-bond donors (Lipinski definition) is 1. The van der Waals surface area contributed by atoms with Gasteiger partial charge < -0.3 is 10.0 Å². The Labute approximate surface area is 93.3 Å². The van der Waals surface area contributed by atoms with E-state index in [9.17, 15) is 9.90 Å². The molecule has 0 radical (unpaired) electrons. The van der Waals surface area contributed by atoms with Gasteiger partial charge in [0, 0.05) is 19.0 Å². The Bertz CT molecular complexity index is 332. The zero-order valence-corrected chi connectivity index (χ0v) is 9.54. The van der Waals surface area contributed by atoms with Crippen molar-refractivity contribution in [3.63, 3.8) is 0 Å². The van der Waals surface area contributed by atoms with Gasteiger partial charge in [-0.05, 0) is 30.2 Å². The number of likely N-dealkylation sites (N-methyl/N-ethyl adjacent to an activating group) is 1. The maximum absolute atomic E-state index is 11.8. The first-order chi connectivity index (χ1) is 7.18. The Morgan fingerprint density at radius 2 is 2.47 bits per heavy atom. The van der Waals surface area contributed by atoms with Crippen LogP contribution in [-0.2, 0) is 0 Å². The van der Waals surface area contributed by atoms with Crippen LogP contribution in [0.4, 0.5) is 0 Å². The SMILES string of the molecule is CN(CC(O)C1CC1)C(=O)c1ccsc1. The van der Waals surface area contributed by atoms with E-state index >= 15 is 0 Å². The lowest BCUT2D eigenvalue weighted by Gasteiger charge is -2.20. The highest BCUT2D eigenvalue weighted by Gasteiger charge is 2.31. The van der Waals surface area contributed by atoms with Gasteiger partial charge in [0.05, 0.1) is 11.7 Å². The van der Waals surface area contributed by atoms with E-state index in [-0.39, 0.29) is 12.0 Å². The fraction of sp³-hybridized carbons (Fsp3) is 0.545. The van der Waals surface area contributed by atoms with E-state index in [1.54, 1.807) is 11.9 Å². The number of aliphatic hydroxyl groups excluding tert-OH is 1. The summed E-state index contributed by atoms with van der Waals surface area (Å²) in [6.45, 7) is 0.444. The number of nitrogens with zero attached hydrogens (tertiary/aromatic N) is 1. The maximum Gasteiger partial charge on any atom is 0.254 e. The number of amides is 1. The number of hydrogen-bond acceptors (Lipinski definition) is 3. The quantitative estimate of drug-likeness (QED) is 0.845. The zero-order valence-electron chi connectivity index (χ0n) is 8.72. The predicted octanol–water partition coefficient (Wildman–Crippen LogP) is 1.59. The van der Waals surface area contributed by atoms with Crippen LogP contribution in [-0.4, -0.2) is 35.6 Å². The van der Waals surface area contributed by atoms with Gasteiger partial charge in [0.15, 0.2) is 0 Å². The van der Waals surface area contributed by atoms with Gasteiger partial charge in [-0.2, -0.15) is 11.3 Å². The molecular formula is C11H15NO2S. The number of carbonyl (C=O) groups excluding carboxylic acids is 1. The van der Waals surface area contributed by atoms with E-state index in [2.05, 4.69) is 0 Å². The van der Waals surface area contributed by atoms with Crippen molar-refractivity contribution in [3.8, 4) is 0 Å². The molecule has 1 amide bonds. The van der Waals surface area contributed by atoms with Crippen LogP contribution in [0, 0.1) is 5.92 Å². The topological polar surface area (TPSA) is 40.5 Å².